The van der Waals surface area contributed by atoms with Gasteiger partial charge >= 0.3 is 0 Å². The van der Waals surface area contributed by atoms with E-state index in [4.69, 9.17) is 0 Å². The number of benzene rings is 1. The van der Waals surface area contributed by atoms with Gasteiger partial charge < -0.3 is 4.98 Å². The second-order valence-electron chi connectivity index (χ2n) is 4.28. The Hall–Kier alpha value is -1.40. The SMILES string of the molecule is CC.CCc1ccc2cc(S(=O)(=O)N(C)C)[nH]c2c1F. The number of H-pyrrole nitrogens is 1. The minimum atomic E-state index is -3.56. The summed E-state index contributed by atoms with van der Waals surface area (Å²) in [6.45, 7) is 5.85. The van der Waals surface area contributed by atoms with Crippen molar-refractivity contribution in [2.75, 3.05) is 14.1 Å². The fourth-order valence-electron chi connectivity index (χ4n) is 1.79. The van der Waals surface area contributed by atoms with Crippen LogP contribution in [0.25, 0.3) is 10.9 Å². The largest absolute Gasteiger partial charge is 0.342 e. The molecule has 1 aromatic heterocycles. The van der Waals surface area contributed by atoms with E-state index in [0.717, 1.165) is 4.31 Å². The Labute approximate surface area is 119 Å². The number of fused-ring (bicyclic) bond motifs is 1. The standard InChI is InChI=1S/C12H15FN2O2S.C2H6/c1-4-8-5-6-9-7-10(14-12(9)11(8)13)18(16,17)15(2)3;1-2/h5-7,14H,4H2,1-3H3;1-2H3. The quantitative estimate of drug-likeness (QED) is 0.946. The summed E-state index contributed by atoms with van der Waals surface area (Å²) in [7, 11) is -0.686. The monoisotopic (exact) mass is 300 g/mol. The predicted molar refractivity (Wildman–Crippen MR) is 79.9 cm³/mol. The first-order valence-corrected chi connectivity index (χ1v) is 8.04. The van der Waals surface area contributed by atoms with Crippen molar-refractivity contribution >= 4 is 20.9 Å². The molecule has 2 aromatic rings. The highest BCUT2D eigenvalue weighted by atomic mass is 32.2. The van der Waals surface area contributed by atoms with E-state index in [1.54, 1.807) is 12.1 Å². The number of hydrogen-bond acceptors (Lipinski definition) is 2. The molecule has 0 radical (unpaired) electrons. The zero-order valence-corrected chi connectivity index (χ0v) is 13.3. The van der Waals surface area contributed by atoms with Crippen molar-refractivity contribution in [2.24, 2.45) is 0 Å². The maximum Gasteiger partial charge on any atom is 0.258 e. The number of rotatable bonds is 3. The van der Waals surface area contributed by atoms with Gasteiger partial charge in [-0.3, -0.25) is 0 Å². The molecule has 0 saturated carbocycles. The van der Waals surface area contributed by atoms with Crippen LogP contribution in [-0.2, 0) is 16.4 Å². The van der Waals surface area contributed by atoms with E-state index in [1.165, 1.54) is 20.2 Å². The number of halogens is 1. The van der Waals surface area contributed by atoms with Crippen molar-refractivity contribution in [1.29, 1.82) is 0 Å². The Morgan fingerprint density at radius 3 is 2.35 bits per heavy atom. The molecule has 0 atom stereocenters. The number of aromatic amines is 1. The van der Waals surface area contributed by atoms with Crippen LogP contribution in [0.2, 0.25) is 0 Å². The van der Waals surface area contributed by atoms with E-state index >= 15 is 0 Å². The Morgan fingerprint density at radius 2 is 1.85 bits per heavy atom. The molecule has 1 N–H and O–H groups in total. The summed E-state index contributed by atoms with van der Waals surface area (Å²) in [5, 5.41) is 0.569. The van der Waals surface area contributed by atoms with Crippen LogP contribution in [0.5, 0.6) is 0 Å². The summed E-state index contributed by atoms with van der Waals surface area (Å²) in [6.07, 6.45) is 0.566. The summed E-state index contributed by atoms with van der Waals surface area (Å²) >= 11 is 0. The molecule has 0 saturated heterocycles. The van der Waals surface area contributed by atoms with Crippen molar-refractivity contribution in [1.82, 2.24) is 9.29 Å². The third kappa shape index (κ3) is 2.86. The van der Waals surface area contributed by atoms with Crippen molar-refractivity contribution < 1.29 is 12.8 Å². The van der Waals surface area contributed by atoms with E-state index in [1.807, 2.05) is 20.8 Å². The first-order chi connectivity index (χ1) is 9.37. The third-order valence-electron chi connectivity index (χ3n) is 2.93. The van der Waals surface area contributed by atoms with Crippen LogP contribution in [0, 0.1) is 5.82 Å². The lowest BCUT2D eigenvalue weighted by Gasteiger charge is -2.08. The van der Waals surface area contributed by atoms with E-state index in [9.17, 15) is 12.8 Å². The van der Waals surface area contributed by atoms with Gasteiger partial charge in [-0.1, -0.05) is 32.9 Å². The normalized spacial score (nSPS) is 11.6. The summed E-state index contributed by atoms with van der Waals surface area (Å²) in [5.74, 6) is -0.379. The van der Waals surface area contributed by atoms with Gasteiger partial charge in [0.1, 0.15) is 10.8 Å². The van der Waals surface area contributed by atoms with Gasteiger partial charge in [0, 0.05) is 19.5 Å². The number of aromatic nitrogens is 1. The molecule has 0 fully saturated rings. The van der Waals surface area contributed by atoms with E-state index < -0.39 is 10.0 Å². The van der Waals surface area contributed by atoms with Crippen molar-refractivity contribution in [3.63, 3.8) is 0 Å². The molecule has 2 rings (SSSR count). The van der Waals surface area contributed by atoms with Gasteiger partial charge in [-0.2, -0.15) is 0 Å². The molecule has 0 unspecified atom stereocenters. The van der Waals surface area contributed by atoms with Crippen molar-refractivity contribution in [2.45, 2.75) is 32.2 Å². The summed E-state index contributed by atoms with van der Waals surface area (Å²) in [5.41, 5.74) is 0.813. The van der Waals surface area contributed by atoms with Crippen molar-refractivity contribution in [3.8, 4) is 0 Å². The highest BCUT2D eigenvalue weighted by Crippen LogP contribution is 2.25. The molecule has 112 valence electrons. The fraction of sp³-hybridized carbons (Fsp3) is 0.429. The van der Waals surface area contributed by atoms with Crippen molar-refractivity contribution in [3.05, 3.63) is 29.6 Å². The second-order valence-corrected chi connectivity index (χ2v) is 6.40. The Bertz CT molecular complexity index is 691. The zero-order valence-electron chi connectivity index (χ0n) is 12.5. The molecule has 0 aliphatic heterocycles. The molecule has 0 aliphatic rings. The van der Waals surface area contributed by atoms with E-state index in [0.29, 0.717) is 17.4 Å². The maximum absolute atomic E-state index is 14.0. The Morgan fingerprint density at radius 1 is 1.25 bits per heavy atom. The Kier molecular flexibility index (Phi) is 5.30. The maximum atomic E-state index is 14.0. The van der Waals surface area contributed by atoms with Gasteiger partial charge in [0.25, 0.3) is 10.0 Å². The number of hydrogen-bond donors (Lipinski definition) is 1. The average Bonchev–Trinajstić information content (AvgIpc) is 2.87. The smallest absolute Gasteiger partial charge is 0.258 e. The minimum Gasteiger partial charge on any atom is -0.342 e. The van der Waals surface area contributed by atoms with Gasteiger partial charge in [0.15, 0.2) is 0 Å². The van der Waals surface area contributed by atoms with Gasteiger partial charge in [-0.25, -0.2) is 17.1 Å². The lowest BCUT2D eigenvalue weighted by molar-refractivity contribution is 0.517. The van der Waals surface area contributed by atoms with Crippen LogP contribution in [0.15, 0.2) is 23.2 Å². The minimum absolute atomic E-state index is 0.00894. The third-order valence-corrected chi connectivity index (χ3v) is 4.67. The topological polar surface area (TPSA) is 53.2 Å². The van der Waals surface area contributed by atoms with Gasteiger partial charge in [-0.15, -0.1) is 0 Å². The first-order valence-electron chi connectivity index (χ1n) is 6.60. The van der Waals surface area contributed by atoms with Crippen LogP contribution in [0.1, 0.15) is 26.3 Å². The van der Waals surface area contributed by atoms with Crippen LogP contribution >= 0.6 is 0 Å². The number of nitrogens with zero attached hydrogens (tertiary/aromatic N) is 1. The van der Waals surface area contributed by atoms with Gasteiger partial charge in [0.2, 0.25) is 0 Å². The van der Waals surface area contributed by atoms with Gasteiger partial charge in [-0.05, 0) is 18.1 Å². The Balaban J connectivity index is 0.000000956. The lowest BCUT2D eigenvalue weighted by Crippen LogP contribution is -2.22. The number of sulfonamides is 1. The number of nitrogens with one attached hydrogen (secondary N) is 1. The highest BCUT2D eigenvalue weighted by Gasteiger charge is 2.21. The predicted octanol–water partition coefficient (Wildman–Crippen LogP) is 3.15. The highest BCUT2D eigenvalue weighted by molar-refractivity contribution is 7.89. The van der Waals surface area contributed by atoms with Crippen LogP contribution in [0.3, 0.4) is 0 Å². The summed E-state index contributed by atoms with van der Waals surface area (Å²) in [6, 6.07) is 4.85. The molecule has 4 nitrogen and oxygen atoms in total. The fourth-order valence-corrected chi connectivity index (χ4v) is 2.69. The molecule has 0 aliphatic carbocycles. The van der Waals surface area contributed by atoms with E-state index in [2.05, 4.69) is 4.98 Å². The zero-order chi connectivity index (χ0) is 15.5. The molecule has 0 bridgehead atoms. The lowest BCUT2D eigenvalue weighted by atomic mass is 10.1. The number of aryl methyl sites for hydroxylation is 1. The molecule has 0 spiro atoms. The van der Waals surface area contributed by atoms with Crippen LogP contribution in [0.4, 0.5) is 4.39 Å². The van der Waals surface area contributed by atoms with Crippen LogP contribution in [-0.4, -0.2) is 31.8 Å². The summed E-state index contributed by atoms with van der Waals surface area (Å²) < 4.78 is 39.0. The molecular weight excluding hydrogens is 279 g/mol. The average molecular weight is 300 g/mol. The molecular formula is C14H21FN2O2S. The molecule has 6 heteroatoms. The molecule has 1 heterocycles. The summed E-state index contributed by atoms with van der Waals surface area (Å²) in [4.78, 5) is 2.66. The molecule has 0 amide bonds. The molecule has 20 heavy (non-hydrogen) atoms. The first kappa shape index (κ1) is 16.7. The van der Waals surface area contributed by atoms with Gasteiger partial charge in [0.05, 0.1) is 5.52 Å². The van der Waals surface area contributed by atoms with E-state index in [-0.39, 0.29) is 16.4 Å². The van der Waals surface area contributed by atoms with Crippen LogP contribution < -0.4 is 0 Å². The second kappa shape index (κ2) is 6.37. The molecule has 1 aromatic carbocycles.